The van der Waals surface area contributed by atoms with Gasteiger partial charge in [0.05, 0.1) is 18.5 Å². The van der Waals surface area contributed by atoms with Crippen molar-refractivity contribution in [3.63, 3.8) is 0 Å². The van der Waals surface area contributed by atoms with Gasteiger partial charge in [-0.1, -0.05) is 12.8 Å². The summed E-state index contributed by atoms with van der Waals surface area (Å²) in [4.78, 5) is 7.47. The van der Waals surface area contributed by atoms with E-state index in [-0.39, 0.29) is 0 Å². The molecule has 1 aromatic carbocycles. The van der Waals surface area contributed by atoms with Gasteiger partial charge >= 0.3 is 0 Å². The summed E-state index contributed by atoms with van der Waals surface area (Å²) in [6.45, 7) is 4.45. The minimum Gasteiger partial charge on any atom is -0.494 e. The van der Waals surface area contributed by atoms with Crippen LogP contribution in [-0.4, -0.2) is 45.7 Å². The van der Waals surface area contributed by atoms with Gasteiger partial charge in [0.15, 0.2) is 5.65 Å². The second-order valence-electron chi connectivity index (χ2n) is 8.68. The highest BCUT2D eigenvalue weighted by Gasteiger charge is 2.19. The summed E-state index contributed by atoms with van der Waals surface area (Å²) in [6, 6.07) is 10.6. The second kappa shape index (κ2) is 9.17. The molecule has 5 heteroatoms. The van der Waals surface area contributed by atoms with Crippen LogP contribution in [-0.2, 0) is 12.8 Å². The van der Waals surface area contributed by atoms with Crippen molar-refractivity contribution in [2.45, 2.75) is 57.8 Å². The van der Waals surface area contributed by atoms with Crippen LogP contribution in [0, 0.1) is 0 Å². The summed E-state index contributed by atoms with van der Waals surface area (Å²) in [7, 11) is 0. The van der Waals surface area contributed by atoms with Crippen LogP contribution in [0.2, 0.25) is 0 Å². The highest BCUT2D eigenvalue weighted by atomic mass is 16.5. The minimum absolute atomic E-state index is 0.782. The van der Waals surface area contributed by atoms with Crippen molar-refractivity contribution in [1.29, 1.82) is 0 Å². The number of fused-ring (bicyclic) bond motifs is 2. The lowest BCUT2D eigenvalue weighted by Gasteiger charge is -2.26. The normalized spacial score (nSPS) is 17.6. The van der Waals surface area contributed by atoms with Crippen LogP contribution in [0.4, 0.5) is 0 Å². The molecule has 30 heavy (non-hydrogen) atoms. The molecule has 5 nitrogen and oxygen atoms in total. The van der Waals surface area contributed by atoms with Gasteiger partial charge in [-0.3, -0.25) is 0 Å². The summed E-state index contributed by atoms with van der Waals surface area (Å²) in [5, 5.41) is 4.58. The maximum absolute atomic E-state index is 6.03. The Kier molecular flexibility index (Phi) is 5.98. The number of hydrogen-bond acceptors (Lipinski definition) is 4. The molecule has 3 aromatic rings. The lowest BCUT2D eigenvalue weighted by atomic mass is 10.0. The number of piperidine rings is 1. The van der Waals surface area contributed by atoms with Gasteiger partial charge < -0.3 is 9.64 Å². The number of likely N-dealkylation sites (tertiary alicyclic amines) is 1. The van der Waals surface area contributed by atoms with Gasteiger partial charge in [0.2, 0.25) is 0 Å². The molecule has 158 valence electrons. The third-order valence-corrected chi connectivity index (χ3v) is 6.52. The maximum atomic E-state index is 6.03. The summed E-state index contributed by atoms with van der Waals surface area (Å²) >= 11 is 0. The van der Waals surface area contributed by atoms with Crippen LogP contribution in [0.1, 0.15) is 56.2 Å². The van der Waals surface area contributed by atoms with Gasteiger partial charge in [-0.2, -0.15) is 5.10 Å². The molecule has 1 aliphatic carbocycles. The van der Waals surface area contributed by atoms with Crippen LogP contribution < -0.4 is 4.74 Å². The Morgan fingerprint density at radius 3 is 2.53 bits per heavy atom. The molecule has 0 unspecified atom stereocenters. The first-order valence-electron chi connectivity index (χ1n) is 11.7. The van der Waals surface area contributed by atoms with E-state index < -0.39 is 0 Å². The average Bonchev–Trinajstić information content (AvgIpc) is 3.13. The predicted molar refractivity (Wildman–Crippen MR) is 120 cm³/mol. The van der Waals surface area contributed by atoms with E-state index in [2.05, 4.69) is 34.3 Å². The van der Waals surface area contributed by atoms with Crippen molar-refractivity contribution in [3.05, 3.63) is 47.8 Å². The van der Waals surface area contributed by atoms with E-state index in [0.717, 1.165) is 43.8 Å². The number of hydrogen-bond donors (Lipinski definition) is 0. The average molecular weight is 405 g/mol. The van der Waals surface area contributed by atoms with Gasteiger partial charge in [0.1, 0.15) is 5.75 Å². The van der Waals surface area contributed by atoms with Gasteiger partial charge in [0, 0.05) is 29.4 Å². The Hall–Kier alpha value is -2.40. The predicted octanol–water partition coefficient (Wildman–Crippen LogP) is 4.92. The van der Waals surface area contributed by atoms with Crippen molar-refractivity contribution in [2.75, 3.05) is 26.2 Å². The molecule has 0 bridgehead atoms. The number of rotatable bonds is 6. The quantitative estimate of drug-likeness (QED) is 0.432. The SMILES string of the molecule is c1cc2nc3c(c(-c4ccc(OCCCN5CCCCC5)cc4)n2n1)CCCCC3. The molecule has 3 heterocycles. The first-order valence-corrected chi connectivity index (χ1v) is 11.7. The zero-order chi connectivity index (χ0) is 20.2. The minimum atomic E-state index is 0.782. The Labute approximate surface area is 179 Å². The van der Waals surface area contributed by atoms with Gasteiger partial charge in [-0.25, -0.2) is 9.50 Å². The van der Waals surface area contributed by atoms with E-state index in [4.69, 9.17) is 9.72 Å². The summed E-state index contributed by atoms with van der Waals surface area (Å²) in [5.74, 6) is 0.953. The molecular weight excluding hydrogens is 372 g/mol. The molecule has 0 atom stereocenters. The molecule has 1 aliphatic heterocycles. The van der Waals surface area contributed by atoms with Crippen LogP contribution in [0.3, 0.4) is 0 Å². The van der Waals surface area contributed by atoms with E-state index in [9.17, 15) is 0 Å². The molecule has 0 radical (unpaired) electrons. The Morgan fingerprint density at radius 1 is 0.867 bits per heavy atom. The fourth-order valence-electron chi connectivity index (χ4n) is 4.93. The Balaban J connectivity index is 1.30. The summed E-state index contributed by atoms with van der Waals surface area (Å²) < 4.78 is 8.04. The van der Waals surface area contributed by atoms with Crippen molar-refractivity contribution >= 4 is 5.65 Å². The molecule has 5 rings (SSSR count). The topological polar surface area (TPSA) is 42.7 Å². The first kappa shape index (κ1) is 19.6. The smallest absolute Gasteiger partial charge is 0.155 e. The molecule has 0 spiro atoms. The van der Waals surface area contributed by atoms with Crippen LogP contribution in [0.15, 0.2) is 36.5 Å². The molecule has 0 amide bonds. The van der Waals surface area contributed by atoms with Crippen molar-refractivity contribution in [3.8, 4) is 17.0 Å². The van der Waals surface area contributed by atoms with Crippen LogP contribution >= 0.6 is 0 Å². The maximum Gasteiger partial charge on any atom is 0.155 e. The number of nitrogens with zero attached hydrogens (tertiary/aromatic N) is 4. The van der Waals surface area contributed by atoms with Gasteiger partial charge in [-0.05, 0) is 82.3 Å². The van der Waals surface area contributed by atoms with E-state index >= 15 is 0 Å². The van der Waals surface area contributed by atoms with Crippen molar-refractivity contribution < 1.29 is 4.74 Å². The number of benzene rings is 1. The molecule has 0 N–H and O–H groups in total. The number of ether oxygens (including phenoxy) is 1. The first-order chi connectivity index (χ1) is 14.9. The summed E-state index contributed by atoms with van der Waals surface area (Å²) in [5.41, 5.74) is 5.99. The monoisotopic (exact) mass is 404 g/mol. The fourth-order valence-corrected chi connectivity index (χ4v) is 4.93. The highest BCUT2D eigenvalue weighted by molar-refractivity contribution is 5.68. The lowest BCUT2D eigenvalue weighted by Crippen LogP contribution is -2.31. The van der Waals surface area contributed by atoms with Crippen LogP contribution in [0.5, 0.6) is 5.75 Å². The lowest BCUT2D eigenvalue weighted by molar-refractivity contribution is 0.205. The zero-order valence-corrected chi connectivity index (χ0v) is 17.9. The third-order valence-electron chi connectivity index (χ3n) is 6.52. The zero-order valence-electron chi connectivity index (χ0n) is 17.9. The molecular formula is C25H32N4O. The van der Waals surface area contributed by atoms with Crippen LogP contribution in [0.25, 0.3) is 16.9 Å². The Morgan fingerprint density at radius 2 is 1.67 bits per heavy atom. The summed E-state index contributed by atoms with van der Waals surface area (Å²) in [6.07, 6.45) is 12.9. The highest BCUT2D eigenvalue weighted by Crippen LogP contribution is 2.31. The second-order valence-corrected chi connectivity index (χ2v) is 8.68. The van der Waals surface area contributed by atoms with E-state index in [1.165, 1.54) is 74.1 Å². The van der Waals surface area contributed by atoms with E-state index in [1.807, 2.05) is 16.8 Å². The standard InChI is InChI=1S/C25H32N4O/c1-3-8-22-23(9-4-1)27-24-14-15-26-29(24)25(22)20-10-12-21(13-11-20)30-19-7-18-28-16-5-2-6-17-28/h10-15H,1-9,16-19H2. The number of aryl methyl sites for hydroxylation is 1. The molecule has 2 aliphatic rings. The number of aromatic nitrogens is 3. The molecule has 1 saturated heterocycles. The van der Waals surface area contributed by atoms with E-state index in [0.29, 0.717) is 0 Å². The fraction of sp³-hybridized carbons (Fsp3) is 0.520. The molecule has 1 fully saturated rings. The van der Waals surface area contributed by atoms with Gasteiger partial charge in [0.25, 0.3) is 0 Å². The van der Waals surface area contributed by atoms with Gasteiger partial charge in [-0.15, -0.1) is 0 Å². The Bertz CT molecular complexity index is 973. The van der Waals surface area contributed by atoms with Crippen molar-refractivity contribution in [1.82, 2.24) is 19.5 Å². The largest absolute Gasteiger partial charge is 0.494 e. The third kappa shape index (κ3) is 4.22. The molecule has 0 saturated carbocycles. The molecule has 2 aromatic heterocycles. The van der Waals surface area contributed by atoms with Crippen molar-refractivity contribution in [2.24, 2.45) is 0 Å². The van der Waals surface area contributed by atoms with E-state index in [1.54, 1.807) is 0 Å².